The van der Waals surface area contributed by atoms with Gasteiger partial charge in [0.05, 0.1) is 17.1 Å². The Morgan fingerprint density at radius 3 is 2.39 bits per heavy atom. The van der Waals surface area contributed by atoms with Crippen LogP contribution in [0.3, 0.4) is 0 Å². The van der Waals surface area contributed by atoms with Crippen LogP contribution in [0.15, 0.2) is 29.2 Å². The van der Waals surface area contributed by atoms with Crippen molar-refractivity contribution in [3.05, 3.63) is 29.8 Å². The monoisotopic (exact) mass is 336 g/mol. The van der Waals surface area contributed by atoms with Crippen molar-refractivity contribution < 1.29 is 17.7 Å². The van der Waals surface area contributed by atoms with Crippen LogP contribution in [0.5, 0.6) is 0 Å². The molecule has 0 saturated heterocycles. The maximum absolute atomic E-state index is 11.8. The van der Waals surface area contributed by atoms with Gasteiger partial charge in [-0.2, -0.15) is 8.42 Å². The van der Waals surface area contributed by atoms with Crippen LogP contribution >= 0.6 is 15.9 Å². The molecule has 1 aromatic carbocycles. The molecule has 4 nitrogen and oxygen atoms in total. The van der Waals surface area contributed by atoms with Crippen LogP contribution < -0.4 is 0 Å². The molecule has 0 spiro atoms. The third-order valence-corrected chi connectivity index (χ3v) is 5.01. The number of aliphatic hydroxyl groups is 1. The van der Waals surface area contributed by atoms with E-state index in [1.807, 2.05) is 6.92 Å². The zero-order valence-electron chi connectivity index (χ0n) is 10.4. The molecular weight excluding hydrogens is 320 g/mol. The molecule has 1 N–H and O–H groups in total. The zero-order valence-corrected chi connectivity index (χ0v) is 12.8. The molecule has 0 amide bonds. The number of hydrogen-bond acceptors (Lipinski definition) is 4. The van der Waals surface area contributed by atoms with Crippen LogP contribution in [-0.2, 0) is 14.3 Å². The van der Waals surface area contributed by atoms with Crippen LogP contribution in [0.1, 0.15) is 18.9 Å². The summed E-state index contributed by atoms with van der Waals surface area (Å²) in [5, 5.41) is 10.1. The Bertz CT molecular complexity index is 479. The number of rotatable bonds is 6. The van der Waals surface area contributed by atoms with Gasteiger partial charge in [0, 0.05) is 11.8 Å². The molecule has 0 saturated carbocycles. The molecule has 0 bridgehead atoms. The Morgan fingerprint density at radius 1 is 1.33 bits per heavy atom. The van der Waals surface area contributed by atoms with E-state index in [2.05, 4.69) is 15.9 Å². The van der Waals surface area contributed by atoms with Crippen molar-refractivity contribution in [2.24, 2.45) is 0 Å². The number of alkyl halides is 1. The van der Waals surface area contributed by atoms with Crippen LogP contribution in [0.2, 0.25) is 0 Å². The van der Waals surface area contributed by atoms with Crippen LogP contribution in [0.4, 0.5) is 0 Å². The minimum absolute atomic E-state index is 0.0468. The summed E-state index contributed by atoms with van der Waals surface area (Å²) in [6.07, 6.45) is 0.239. The SMILES string of the molecule is Cc1ccc(S(=O)(=O)OCC[C@@](C)(O)CBr)cc1. The van der Waals surface area contributed by atoms with Crippen molar-refractivity contribution in [1.82, 2.24) is 0 Å². The zero-order chi connectivity index (χ0) is 13.8. The molecule has 0 radical (unpaired) electrons. The highest BCUT2D eigenvalue weighted by Crippen LogP contribution is 2.16. The van der Waals surface area contributed by atoms with Crippen molar-refractivity contribution in [3.8, 4) is 0 Å². The lowest BCUT2D eigenvalue weighted by atomic mass is 10.1. The fourth-order valence-corrected chi connectivity index (χ4v) is 2.40. The van der Waals surface area contributed by atoms with E-state index in [1.165, 1.54) is 12.1 Å². The molecule has 0 aliphatic carbocycles. The van der Waals surface area contributed by atoms with E-state index in [0.717, 1.165) is 5.56 Å². The lowest BCUT2D eigenvalue weighted by Gasteiger charge is -2.19. The summed E-state index contributed by atoms with van der Waals surface area (Å²) >= 11 is 3.15. The van der Waals surface area contributed by atoms with E-state index in [-0.39, 0.29) is 17.9 Å². The highest BCUT2D eigenvalue weighted by Gasteiger charge is 2.21. The third kappa shape index (κ3) is 4.68. The predicted octanol–water partition coefficient (Wildman–Crippen LogP) is 2.24. The second kappa shape index (κ2) is 6.14. The largest absolute Gasteiger partial charge is 0.389 e. The van der Waals surface area contributed by atoms with E-state index in [4.69, 9.17) is 4.18 Å². The standard InChI is InChI=1S/C12H17BrO4S/c1-10-3-5-11(6-4-10)18(15,16)17-8-7-12(2,14)9-13/h3-6,14H,7-9H2,1-2H3/t12-/m1/s1. The first-order valence-corrected chi connectivity index (χ1v) is 8.04. The second-order valence-electron chi connectivity index (χ2n) is 4.47. The summed E-state index contributed by atoms with van der Waals surface area (Å²) in [6.45, 7) is 3.45. The molecule has 0 fully saturated rings. The molecule has 0 aliphatic heterocycles. The van der Waals surface area contributed by atoms with Gasteiger partial charge in [-0.1, -0.05) is 33.6 Å². The quantitative estimate of drug-likeness (QED) is 0.639. The molecule has 0 aromatic heterocycles. The summed E-state index contributed by atoms with van der Waals surface area (Å²) in [6, 6.07) is 6.44. The Kier molecular flexibility index (Phi) is 5.33. The normalized spacial score (nSPS) is 15.3. The summed E-state index contributed by atoms with van der Waals surface area (Å²) in [5.74, 6) is 0. The fraction of sp³-hybridized carbons (Fsp3) is 0.500. The molecule has 1 aromatic rings. The summed E-state index contributed by atoms with van der Waals surface area (Å²) < 4.78 is 28.5. The Labute approximate surface area is 116 Å². The van der Waals surface area contributed by atoms with Crippen molar-refractivity contribution in [1.29, 1.82) is 0 Å². The van der Waals surface area contributed by atoms with Gasteiger partial charge in [-0.05, 0) is 26.0 Å². The highest BCUT2D eigenvalue weighted by molar-refractivity contribution is 9.09. The van der Waals surface area contributed by atoms with E-state index < -0.39 is 15.7 Å². The van der Waals surface area contributed by atoms with E-state index in [9.17, 15) is 13.5 Å². The van der Waals surface area contributed by atoms with Gasteiger partial charge in [-0.15, -0.1) is 0 Å². The molecule has 6 heteroatoms. The van der Waals surface area contributed by atoms with Gasteiger partial charge >= 0.3 is 0 Å². The van der Waals surface area contributed by atoms with Gasteiger partial charge in [-0.3, -0.25) is 4.18 Å². The number of hydrogen-bond donors (Lipinski definition) is 1. The molecule has 102 valence electrons. The first-order valence-electron chi connectivity index (χ1n) is 5.51. The molecular formula is C12H17BrO4S. The van der Waals surface area contributed by atoms with Crippen LogP contribution in [0.25, 0.3) is 0 Å². The Hall–Kier alpha value is -0.430. The highest BCUT2D eigenvalue weighted by atomic mass is 79.9. The van der Waals surface area contributed by atoms with Crippen molar-refractivity contribution >= 4 is 26.0 Å². The summed E-state index contributed by atoms with van der Waals surface area (Å²) in [7, 11) is -3.73. The van der Waals surface area contributed by atoms with Crippen LogP contribution in [0, 0.1) is 6.92 Å². The number of benzene rings is 1. The minimum atomic E-state index is -3.73. The van der Waals surface area contributed by atoms with E-state index in [1.54, 1.807) is 19.1 Å². The lowest BCUT2D eigenvalue weighted by Crippen LogP contribution is -2.28. The number of aryl methyl sites for hydroxylation is 1. The van der Waals surface area contributed by atoms with Gasteiger partial charge in [0.25, 0.3) is 10.1 Å². The molecule has 18 heavy (non-hydrogen) atoms. The first-order chi connectivity index (χ1) is 8.27. The molecule has 0 unspecified atom stereocenters. The van der Waals surface area contributed by atoms with Crippen molar-refractivity contribution in [2.45, 2.75) is 30.8 Å². The van der Waals surface area contributed by atoms with Crippen molar-refractivity contribution in [3.63, 3.8) is 0 Å². The summed E-state index contributed by atoms with van der Waals surface area (Å²) in [5.41, 5.74) is 0.0131. The van der Waals surface area contributed by atoms with Crippen LogP contribution in [-0.4, -0.2) is 31.1 Å². The van der Waals surface area contributed by atoms with Gasteiger partial charge in [-0.25, -0.2) is 0 Å². The van der Waals surface area contributed by atoms with Gasteiger partial charge in [0.15, 0.2) is 0 Å². The average Bonchev–Trinajstić information content (AvgIpc) is 2.29. The molecule has 0 heterocycles. The third-order valence-electron chi connectivity index (χ3n) is 2.48. The summed E-state index contributed by atoms with van der Waals surface area (Å²) in [4.78, 5) is 0.131. The molecule has 1 atom stereocenters. The number of halogens is 1. The minimum Gasteiger partial charge on any atom is -0.389 e. The molecule has 0 aliphatic rings. The smallest absolute Gasteiger partial charge is 0.296 e. The van der Waals surface area contributed by atoms with Crippen molar-refractivity contribution in [2.75, 3.05) is 11.9 Å². The topological polar surface area (TPSA) is 63.6 Å². The molecule has 1 rings (SSSR count). The Morgan fingerprint density at radius 2 is 1.89 bits per heavy atom. The predicted molar refractivity (Wildman–Crippen MR) is 73.4 cm³/mol. The Balaban J connectivity index is 2.63. The van der Waals surface area contributed by atoms with Gasteiger partial charge in [0.2, 0.25) is 0 Å². The van der Waals surface area contributed by atoms with Gasteiger partial charge in [0.1, 0.15) is 0 Å². The van der Waals surface area contributed by atoms with Gasteiger partial charge < -0.3 is 5.11 Å². The lowest BCUT2D eigenvalue weighted by molar-refractivity contribution is 0.0622. The fourth-order valence-electron chi connectivity index (χ4n) is 1.21. The first kappa shape index (κ1) is 15.6. The maximum Gasteiger partial charge on any atom is 0.296 e. The van der Waals surface area contributed by atoms with E-state index in [0.29, 0.717) is 5.33 Å². The maximum atomic E-state index is 11.8. The average molecular weight is 337 g/mol. The van der Waals surface area contributed by atoms with E-state index >= 15 is 0 Å². The second-order valence-corrected chi connectivity index (χ2v) is 6.65.